The Balaban J connectivity index is 3.01. The summed E-state index contributed by atoms with van der Waals surface area (Å²) in [6, 6.07) is 3.77. The summed E-state index contributed by atoms with van der Waals surface area (Å²) in [4.78, 5) is 60.3. The molecular formula is C22H32N4O7S. The van der Waals surface area contributed by atoms with Crippen LogP contribution in [0.5, 0.6) is 0 Å². The standard InChI is InChI=1S/C22H32N4O7S/c1-12(2)8-14(23)19(29)26-17(11-34)21(31)24-15(9-13-6-4-3-5-7-13)20(30)25-16(22(32)33)10-18(27)28/h3-7,12,14-17,34H,8-11,23H2,1-2H3,(H,24,31)(H,25,30)(H,26,29)(H,27,28)(H,32,33). The molecule has 3 amide bonds. The van der Waals surface area contributed by atoms with Crippen molar-refractivity contribution in [3.8, 4) is 0 Å². The predicted molar refractivity (Wildman–Crippen MR) is 127 cm³/mol. The third kappa shape index (κ3) is 10.2. The van der Waals surface area contributed by atoms with E-state index in [0.717, 1.165) is 0 Å². The minimum atomic E-state index is -1.69. The van der Waals surface area contributed by atoms with Gasteiger partial charge in [-0.2, -0.15) is 12.6 Å². The van der Waals surface area contributed by atoms with Gasteiger partial charge in [-0.15, -0.1) is 0 Å². The highest BCUT2D eigenvalue weighted by Crippen LogP contribution is 2.07. The van der Waals surface area contributed by atoms with Crippen molar-refractivity contribution >= 4 is 42.3 Å². The molecule has 1 aromatic rings. The number of carboxylic acid groups (broad SMARTS) is 2. The summed E-state index contributed by atoms with van der Waals surface area (Å²) in [5, 5.41) is 25.3. The zero-order chi connectivity index (χ0) is 25.8. The molecule has 0 heterocycles. The second-order valence-corrected chi connectivity index (χ2v) is 8.59. The van der Waals surface area contributed by atoms with Gasteiger partial charge in [0.2, 0.25) is 17.7 Å². The average Bonchev–Trinajstić information content (AvgIpc) is 2.75. The van der Waals surface area contributed by atoms with Gasteiger partial charge in [-0.1, -0.05) is 44.2 Å². The number of carbonyl (C=O) groups excluding carboxylic acids is 3. The van der Waals surface area contributed by atoms with Gasteiger partial charge >= 0.3 is 11.9 Å². The fourth-order valence-electron chi connectivity index (χ4n) is 3.07. The number of hydrogen-bond acceptors (Lipinski definition) is 7. The molecule has 0 saturated carbocycles. The van der Waals surface area contributed by atoms with E-state index < -0.39 is 60.2 Å². The van der Waals surface area contributed by atoms with Crippen molar-refractivity contribution in [3.63, 3.8) is 0 Å². The number of rotatable bonds is 14. The van der Waals surface area contributed by atoms with Gasteiger partial charge in [0.1, 0.15) is 18.1 Å². The van der Waals surface area contributed by atoms with Crippen LogP contribution in [0.2, 0.25) is 0 Å². The third-order valence-corrected chi connectivity index (χ3v) is 5.15. The van der Waals surface area contributed by atoms with Crippen LogP contribution in [-0.4, -0.2) is 69.8 Å². The van der Waals surface area contributed by atoms with Crippen molar-refractivity contribution in [3.05, 3.63) is 35.9 Å². The van der Waals surface area contributed by atoms with Gasteiger partial charge < -0.3 is 31.9 Å². The predicted octanol–water partition coefficient (Wildman–Crippen LogP) is -0.454. The Morgan fingerprint density at radius 2 is 1.41 bits per heavy atom. The maximum atomic E-state index is 12.9. The van der Waals surface area contributed by atoms with Gasteiger partial charge in [0.15, 0.2) is 0 Å². The van der Waals surface area contributed by atoms with Gasteiger partial charge in [0.25, 0.3) is 0 Å². The van der Waals surface area contributed by atoms with Crippen LogP contribution in [0.3, 0.4) is 0 Å². The molecule has 0 aromatic heterocycles. The monoisotopic (exact) mass is 496 g/mol. The van der Waals surface area contributed by atoms with Crippen molar-refractivity contribution in [2.24, 2.45) is 11.7 Å². The van der Waals surface area contributed by atoms with Crippen LogP contribution in [-0.2, 0) is 30.4 Å². The van der Waals surface area contributed by atoms with E-state index in [0.29, 0.717) is 12.0 Å². The molecule has 0 bridgehead atoms. The number of hydrogen-bond donors (Lipinski definition) is 7. The fourth-order valence-corrected chi connectivity index (χ4v) is 3.32. The second-order valence-electron chi connectivity index (χ2n) is 8.23. The minimum Gasteiger partial charge on any atom is -0.481 e. The summed E-state index contributed by atoms with van der Waals surface area (Å²) in [6.45, 7) is 3.80. The molecule has 0 aliphatic carbocycles. The van der Waals surface area contributed by atoms with Crippen LogP contribution in [0.15, 0.2) is 30.3 Å². The zero-order valence-electron chi connectivity index (χ0n) is 19.1. The molecule has 0 aliphatic rings. The van der Waals surface area contributed by atoms with E-state index in [1.807, 2.05) is 13.8 Å². The molecule has 4 unspecified atom stereocenters. The first-order valence-corrected chi connectivity index (χ1v) is 11.3. The van der Waals surface area contributed by atoms with Crippen LogP contribution in [0.1, 0.15) is 32.3 Å². The van der Waals surface area contributed by atoms with E-state index in [2.05, 4.69) is 28.6 Å². The molecule has 0 radical (unpaired) electrons. The summed E-state index contributed by atoms with van der Waals surface area (Å²) in [5.41, 5.74) is 6.52. The highest BCUT2D eigenvalue weighted by Gasteiger charge is 2.31. The lowest BCUT2D eigenvalue weighted by Crippen LogP contribution is -2.58. The Bertz CT molecular complexity index is 866. The number of aliphatic carboxylic acids is 2. The van der Waals surface area contributed by atoms with Gasteiger partial charge in [-0.25, -0.2) is 4.79 Å². The maximum Gasteiger partial charge on any atom is 0.326 e. The lowest BCUT2D eigenvalue weighted by molar-refractivity contribution is -0.147. The first kappa shape index (κ1) is 28.9. The van der Waals surface area contributed by atoms with Gasteiger partial charge in [0, 0.05) is 12.2 Å². The van der Waals surface area contributed by atoms with E-state index in [1.165, 1.54) is 0 Å². The molecule has 1 rings (SSSR count). The highest BCUT2D eigenvalue weighted by atomic mass is 32.1. The number of nitrogens with one attached hydrogen (secondary N) is 3. The molecule has 0 fully saturated rings. The van der Waals surface area contributed by atoms with Crippen LogP contribution in [0, 0.1) is 5.92 Å². The quantitative estimate of drug-likeness (QED) is 0.169. The van der Waals surface area contributed by atoms with E-state index >= 15 is 0 Å². The van der Waals surface area contributed by atoms with Gasteiger partial charge in [-0.05, 0) is 17.9 Å². The summed E-state index contributed by atoms with van der Waals surface area (Å²) >= 11 is 4.10. The second kappa shape index (κ2) is 14.2. The van der Waals surface area contributed by atoms with Crippen LogP contribution in [0.25, 0.3) is 0 Å². The fraction of sp³-hybridized carbons (Fsp3) is 0.500. The Morgan fingerprint density at radius 3 is 1.91 bits per heavy atom. The molecule has 34 heavy (non-hydrogen) atoms. The first-order chi connectivity index (χ1) is 15.9. The van der Waals surface area contributed by atoms with Crippen LogP contribution < -0.4 is 21.7 Å². The average molecular weight is 497 g/mol. The molecule has 0 aliphatic heterocycles. The zero-order valence-corrected chi connectivity index (χ0v) is 20.0. The summed E-state index contributed by atoms with van der Waals surface area (Å²) < 4.78 is 0. The van der Waals surface area contributed by atoms with Gasteiger partial charge in [-0.3, -0.25) is 19.2 Å². The van der Waals surface area contributed by atoms with Crippen molar-refractivity contribution in [1.29, 1.82) is 0 Å². The third-order valence-electron chi connectivity index (χ3n) is 4.79. The number of thiol groups is 1. The van der Waals surface area contributed by atoms with Crippen molar-refractivity contribution in [2.45, 2.75) is 57.3 Å². The van der Waals surface area contributed by atoms with Crippen LogP contribution >= 0.6 is 12.6 Å². The summed E-state index contributed by atoms with van der Waals surface area (Å²) in [5.74, 6) is -5.00. The largest absolute Gasteiger partial charge is 0.481 e. The lowest BCUT2D eigenvalue weighted by atomic mass is 10.0. The number of benzene rings is 1. The maximum absolute atomic E-state index is 12.9. The van der Waals surface area contributed by atoms with E-state index in [4.69, 9.17) is 10.8 Å². The number of carboxylic acids is 2. The Kier molecular flexibility index (Phi) is 12.1. The van der Waals surface area contributed by atoms with E-state index in [-0.39, 0.29) is 18.1 Å². The Labute approximate surface area is 203 Å². The minimum absolute atomic E-state index is 0.00206. The molecule has 11 nitrogen and oxygen atoms in total. The lowest BCUT2D eigenvalue weighted by Gasteiger charge is -2.24. The normalized spacial score (nSPS) is 14.4. The Hall–Kier alpha value is -3.12. The molecule has 0 saturated heterocycles. The first-order valence-electron chi connectivity index (χ1n) is 10.7. The smallest absolute Gasteiger partial charge is 0.326 e. The number of carbonyl (C=O) groups is 5. The number of nitrogens with two attached hydrogens (primary N) is 1. The topological polar surface area (TPSA) is 188 Å². The molecule has 12 heteroatoms. The van der Waals surface area contributed by atoms with Crippen LogP contribution in [0.4, 0.5) is 0 Å². The molecule has 7 N–H and O–H groups in total. The summed E-state index contributed by atoms with van der Waals surface area (Å²) in [6.07, 6.45) is -0.431. The van der Waals surface area contributed by atoms with Crippen molar-refractivity contribution < 1.29 is 34.2 Å². The summed E-state index contributed by atoms with van der Waals surface area (Å²) in [7, 11) is 0. The van der Waals surface area contributed by atoms with E-state index in [9.17, 15) is 29.1 Å². The van der Waals surface area contributed by atoms with E-state index in [1.54, 1.807) is 30.3 Å². The molecule has 1 aromatic carbocycles. The SMILES string of the molecule is CC(C)CC(N)C(=O)NC(CS)C(=O)NC(Cc1ccccc1)C(=O)NC(CC(=O)O)C(=O)O. The number of amides is 3. The molecule has 0 spiro atoms. The highest BCUT2D eigenvalue weighted by molar-refractivity contribution is 7.80. The van der Waals surface area contributed by atoms with Crippen molar-refractivity contribution in [1.82, 2.24) is 16.0 Å². The van der Waals surface area contributed by atoms with Crippen molar-refractivity contribution in [2.75, 3.05) is 5.75 Å². The van der Waals surface area contributed by atoms with Gasteiger partial charge in [0.05, 0.1) is 12.5 Å². The molecule has 188 valence electrons. The molecular weight excluding hydrogens is 464 g/mol. The molecule has 4 atom stereocenters. The Morgan fingerprint density at radius 1 is 0.882 bits per heavy atom.